The van der Waals surface area contributed by atoms with E-state index >= 15 is 0 Å². The number of hydrogen-bond acceptors (Lipinski definition) is 7. The number of benzene rings is 1. The first-order valence-corrected chi connectivity index (χ1v) is 14.6. The van der Waals surface area contributed by atoms with Crippen molar-refractivity contribution >= 4 is 23.3 Å². The summed E-state index contributed by atoms with van der Waals surface area (Å²) < 4.78 is 5.20. The third-order valence-electron chi connectivity index (χ3n) is 7.60. The molecule has 40 heavy (non-hydrogen) atoms. The minimum Gasteiger partial charge on any atom is -0.385 e. The number of nitrogens with zero attached hydrogens (tertiary/aromatic N) is 4. The molecule has 2 aromatic rings. The maximum atomic E-state index is 14.2. The highest BCUT2D eigenvalue weighted by Gasteiger charge is 2.37. The van der Waals surface area contributed by atoms with E-state index in [2.05, 4.69) is 56.3 Å². The normalized spacial score (nSPS) is 19.0. The largest absolute Gasteiger partial charge is 0.385 e. The van der Waals surface area contributed by atoms with E-state index in [4.69, 9.17) is 9.72 Å². The van der Waals surface area contributed by atoms with Crippen LogP contribution in [0.4, 0.5) is 11.5 Å². The standard InChI is InChI=1S/C31H46N6O3/c1-21(2)20-37(29(39)25-19-34-30(31(3,4)5)35-27(25)33-13-9-15-40-6)24-16-23(17-32-18-24)28(38)36-14-12-22-10-7-8-11-26(22)36/h7-8,10-11,19,21,23-24,32H,9,12-18,20H2,1-6H3,(H,33,34,35)/t23-,24+/m1/s1. The first-order chi connectivity index (χ1) is 19.1. The molecule has 4 rings (SSSR count). The summed E-state index contributed by atoms with van der Waals surface area (Å²) in [6, 6.07) is 8.04. The number of methoxy groups -OCH3 is 1. The van der Waals surface area contributed by atoms with Crippen molar-refractivity contribution in [1.82, 2.24) is 20.2 Å². The van der Waals surface area contributed by atoms with Crippen molar-refractivity contribution in [3.05, 3.63) is 47.4 Å². The van der Waals surface area contributed by atoms with E-state index < -0.39 is 0 Å². The number of hydrogen-bond donors (Lipinski definition) is 2. The van der Waals surface area contributed by atoms with Gasteiger partial charge in [-0.25, -0.2) is 9.97 Å². The van der Waals surface area contributed by atoms with Crippen molar-refractivity contribution in [2.75, 3.05) is 56.7 Å². The van der Waals surface area contributed by atoms with Gasteiger partial charge in [0.15, 0.2) is 0 Å². The molecule has 0 radical (unpaired) electrons. The first kappa shape index (κ1) is 29.9. The molecule has 0 spiro atoms. The average Bonchev–Trinajstić information content (AvgIpc) is 3.37. The number of ether oxygens (including phenoxy) is 1. The number of carbonyl (C=O) groups excluding carboxylic acids is 2. The first-order valence-electron chi connectivity index (χ1n) is 14.6. The Morgan fingerprint density at radius 3 is 2.73 bits per heavy atom. The van der Waals surface area contributed by atoms with E-state index in [9.17, 15) is 9.59 Å². The van der Waals surface area contributed by atoms with E-state index in [0.29, 0.717) is 63.0 Å². The number of anilines is 2. The Kier molecular flexibility index (Phi) is 9.79. The van der Waals surface area contributed by atoms with Crippen LogP contribution in [0.15, 0.2) is 30.5 Å². The summed E-state index contributed by atoms with van der Waals surface area (Å²) in [4.78, 5) is 41.2. The van der Waals surface area contributed by atoms with Crippen LogP contribution in [0.3, 0.4) is 0 Å². The molecule has 2 N–H and O–H groups in total. The third kappa shape index (κ3) is 6.99. The van der Waals surface area contributed by atoms with E-state index in [-0.39, 0.29) is 35.1 Å². The third-order valence-corrected chi connectivity index (χ3v) is 7.60. The molecular weight excluding hydrogens is 504 g/mol. The summed E-state index contributed by atoms with van der Waals surface area (Å²) in [6.45, 7) is 14.2. The van der Waals surface area contributed by atoms with Gasteiger partial charge in [-0.3, -0.25) is 9.59 Å². The Labute approximate surface area is 239 Å². The van der Waals surface area contributed by atoms with Gasteiger partial charge >= 0.3 is 0 Å². The maximum Gasteiger partial charge on any atom is 0.259 e. The van der Waals surface area contributed by atoms with Crippen molar-refractivity contribution in [3.8, 4) is 0 Å². The van der Waals surface area contributed by atoms with Gasteiger partial charge in [0.1, 0.15) is 17.2 Å². The van der Waals surface area contributed by atoms with Crippen LogP contribution >= 0.6 is 0 Å². The van der Waals surface area contributed by atoms with Gasteiger partial charge in [0.25, 0.3) is 5.91 Å². The van der Waals surface area contributed by atoms with Gasteiger partial charge in [0.2, 0.25) is 5.91 Å². The highest BCUT2D eigenvalue weighted by atomic mass is 16.5. The van der Waals surface area contributed by atoms with Crippen LogP contribution < -0.4 is 15.5 Å². The van der Waals surface area contributed by atoms with Crippen molar-refractivity contribution in [2.45, 2.75) is 65.3 Å². The van der Waals surface area contributed by atoms with Crippen molar-refractivity contribution in [3.63, 3.8) is 0 Å². The van der Waals surface area contributed by atoms with Crippen molar-refractivity contribution in [2.24, 2.45) is 11.8 Å². The molecule has 0 unspecified atom stereocenters. The van der Waals surface area contributed by atoms with Gasteiger partial charge in [-0.05, 0) is 36.8 Å². The Balaban J connectivity index is 1.57. The average molecular weight is 551 g/mol. The molecule has 218 valence electrons. The van der Waals surface area contributed by atoms with Crippen LogP contribution in [0.2, 0.25) is 0 Å². The smallest absolute Gasteiger partial charge is 0.259 e. The van der Waals surface area contributed by atoms with E-state index in [1.165, 1.54) is 5.56 Å². The number of carbonyl (C=O) groups is 2. The van der Waals surface area contributed by atoms with Crippen LogP contribution in [0.1, 0.15) is 69.2 Å². The molecule has 1 fully saturated rings. The van der Waals surface area contributed by atoms with Gasteiger partial charge < -0.3 is 25.2 Å². The minimum atomic E-state index is -0.253. The molecule has 2 aliphatic rings. The molecule has 2 atom stereocenters. The number of rotatable bonds is 10. The fourth-order valence-electron chi connectivity index (χ4n) is 5.54. The van der Waals surface area contributed by atoms with E-state index in [1.54, 1.807) is 13.3 Å². The van der Waals surface area contributed by atoms with Crippen LogP contribution in [-0.4, -0.2) is 79.2 Å². The fourth-order valence-corrected chi connectivity index (χ4v) is 5.54. The summed E-state index contributed by atoms with van der Waals surface area (Å²) in [5.74, 6) is 1.34. The van der Waals surface area contributed by atoms with Crippen LogP contribution in [0, 0.1) is 11.8 Å². The summed E-state index contributed by atoms with van der Waals surface area (Å²) in [5, 5.41) is 6.83. The maximum absolute atomic E-state index is 14.2. The summed E-state index contributed by atoms with van der Waals surface area (Å²) in [6.07, 6.45) is 3.97. The van der Waals surface area contributed by atoms with Crippen LogP contribution in [0.5, 0.6) is 0 Å². The van der Waals surface area contributed by atoms with Gasteiger partial charge in [0.05, 0.1) is 5.92 Å². The summed E-state index contributed by atoms with van der Waals surface area (Å²) in [5.41, 5.74) is 2.45. The number of nitrogens with one attached hydrogen (secondary N) is 2. The summed E-state index contributed by atoms with van der Waals surface area (Å²) >= 11 is 0. The summed E-state index contributed by atoms with van der Waals surface area (Å²) in [7, 11) is 1.68. The second-order valence-electron chi connectivity index (χ2n) is 12.4. The number of aromatic nitrogens is 2. The minimum absolute atomic E-state index is 0.102. The van der Waals surface area contributed by atoms with E-state index in [0.717, 1.165) is 18.5 Å². The Hall–Kier alpha value is -3.04. The lowest BCUT2D eigenvalue weighted by molar-refractivity contribution is -0.123. The zero-order valence-electron chi connectivity index (χ0n) is 25.0. The lowest BCUT2D eigenvalue weighted by Crippen LogP contribution is -2.55. The topological polar surface area (TPSA) is 99.7 Å². The van der Waals surface area contributed by atoms with Crippen LogP contribution in [0.25, 0.3) is 0 Å². The highest BCUT2D eigenvalue weighted by molar-refractivity contribution is 5.99. The lowest BCUT2D eigenvalue weighted by atomic mass is 9.92. The Bertz CT molecular complexity index is 1180. The van der Waals surface area contributed by atoms with Crippen molar-refractivity contribution < 1.29 is 14.3 Å². The number of para-hydroxylation sites is 1. The molecule has 0 bridgehead atoms. The quantitative estimate of drug-likeness (QED) is 0.433. The molecule has 1 saturated heterocycles. The monoisotopic (exact) mass is 550 g/mol. The molecule has 1 aromatic carbocycles. The molecule has 1 aromatic heterocycles. The van der Waals surface area contributed by atoms with Crippen molar-refractivity contribution in [1.29, 1.82) is 0 Å². The zero-order valence-corrected chi connectivity index (χ0v) is 25.0. The lowest BCUT2D eigenvalue weighted by Gasteiger charge is -2.39. The molecule has 2 aliphatic heterocycles. The molecular formula is C31H46N6O3. The molecule has 3 heterocycles. The number of amides is 2. The van der Waals surface area contributed by atoms with Crippen LogP contribution in [-0.2, 0) is 21.4 Å². The number of piperidine rings is 1. The fraction of sp³-hybridized carbons (Fsp3) is 0.613. The van der Waals surface area contributed by atoms with Gasteiger partial charge in [0, 0.05) is 69.8 Å². The molecule has 9 heteroatoms. The predicted octanol–water partition coefficient (Wildman–Crippen LogP) is 3.89. The second-order valence-corrected chi connectivity index (χ2v) is 12.4. The Morgan fingerprint density at radius 2 is 2.00 bits per heavy atom. The second kappa shape index (κ2) is 13.1. The Morgan fingerprint density at radius 1 is 1.23 bits per heavy atom. The number of fused-ring (bicyclic) bond motifs is 1. The highest BCUT2D eigenvalue weighted by Crippen LogP contribution is 2.31. The molecule has 9 nitrogen and oxygen atoms in total. The van der Waals surface area contributed by atoms with Gasteiger partial charge in [-0.15, -0.1) is 0 Å². The van der Waals surface area contributed by atoms with Gasteiger partial charge in [-0.1, -0.05) is 52.8 Å². The molecule has 2 amide bonds. The molecule has 0 saturated carbocycles. The zero-order chi connectivity index (χ0) is 28.9. The predicted molar refractivity (Wildman–Crippen MR) is 159 cm³/mol. The molecule has 0 aliphatic carbocycles. The SMILES string of the molecule is COCCCNc1nc(C(C)(C)C)ncc1C(=O)N(CC(C)C)[C@@H]1CNC[C@H](C(=O)N2CCc3ccccc32)C1. The van der Waals surface area contributed by atoms with E-state index in [1.807, 2.05) is 28.0 Å². The van der Waals surface area contributed by atoms with Gasteiger partial charge in [-0.2, -0.15) is 0 Å².